The van der Waals surface area contributed by atoms with Gasteiger partial charge in [-0.25, -0.2) is 9.18 Å². The van der Waals surface area contributed by atoms with Gasteiger partial charge in [0.25, 0.3) is 0 Å². The van der Waals surface area contributed by atoms with Crippen LogP contribution in [0.5, 0.6) is 5.75 Å². The van der Waals surface area contributed by atoms with Crippen LogP contribution in [-0.4, -0.2) is 24.8 Å². The van der Waals surface area contributed by atoms with Crippen LogP contribution in [0.15, 0.2) is 48.5 Å². The number of aliphatic hydroxyl groups is 1. The SMILES string of the molecule is COc1ccccc1C(C)NC(=O)NCC(O)c1cccc(F)c1. The summed E-state index contributed by atoms with van der Waals surface area (Å²) in [6.07, 6.45) is -0.979. The van der Waals surface area contributed by atoms with E-state index >= 15 is 0 Å². The van der Waals surface area contributed by atoms with E-state index in [1.165, 1.54) is 18.2 Å². The molecule has 0 radical (unpaired) electrons. The third-order valence-corrected chi connectivity index (χ3v) is 3.64. The van der Waals surface area contributed by atoms with Crippen molar-refractivity contribution >= 4 is 6.03 Å². The minimum Gasteiger partial charge on any atom is -0.496 e. The number of methoxy groups -OCH3 is 1. The van der Waals surface area contributed by atoms with E-state index in [1.54, 1.807) is 13.2 Å². The zero-order valence-electron chi connectivity index (χ0n) is 13.6. The zero-order chi connectivity index (χ0) is 17.5. The van der Waals surface area contributed by atoms with Crippen LogP contribution in [0.25, 0.3) is 0 Å². The second kappa shape index (κ2) is 8.31. The summed E-state index contributed by atoms with van der Waals surface area (Å²) in [7, 11) is 1.57. The van der Waals surface area contributed by atoms with Crippen molar-refractivity contribution < 1.29 is 19.0 Å². The van der Waals surface area contributed by atoms with Crippen molar-refractivity contribution in [1.82, 2.24) is 10.6 Å². The zero-order valence-corrected chi connectivity index (χ0v) is 13.6. The van der Waals surface area contributed by atoms with Crippen molar-refractivity contribution in [3.05, 3.63) is 65.5 Å². The molecule has 2 unspecified atom stereocenters. The quantitative estimate of drug-likeness (QED) is 0.762. The molecule has 2 rings (SSSR count). The molecule has 3 N–H and O–H groups in total. The Kier molecular flexibility index (Phi) is 6.14. The van der Waals surface area contributed by atoms with Gasteiger partial charge in [0.1, 0.15) is 11.6 Å². The van der Waals surface area contributed by atoms with E-state index < -0.39 is 18.0 Å². The lowest BCUT2D eigenvalue weighted by Crippen LogP contribution is -2.39. The van der Waals surface area contributed by atoms with E-state index in [2.05, 4.69) is 10.6 Å². The number of hydrogen-bond acceptors (Lipinski definition) is 3. The number of aliphatic hydroxyl groups excluding tert-OH is 1. The lowest BCUT2D eigenvalue weighted by Gasteiger charge is -2.18. The van der Waals surface area contributed by atoms with E-state index in [-0.39, 0.29) is 12.6 Å². The van der Waals surface area contributed by atoms with Crippen molar-refractivity contribution in [2.75, 3.05) is 13.7 Å². The molecular formula is C18H21FN2O3. The summed E-state index contributed by atoms with van der Waals surface area (Å²) in [6.45, 7) is 1.81. The second-order valence-electron chi connectivity index (χ2n) is 5.39. The molecule has 2 amide bonds. The lowest BCUT2D eigenvalue weighted by atomic mass is 10.1. The maximum atomic E-state index is 13.1. The summed E-state index contributed by atoms with van der Waals surface area (Å²) in [5.41, 5.74) is 1.26. The van der Waals surface area contributed by atoms with Gasteiger partial charge in [0, 0.05) is 12.1 Å². The first-order chi connectivity index (χ1) is 11.5. The van der Waals surface area contributed by atoms with Crippen LogP contribution >= 0.6 is 0 Å². The van der Waals surface area contributed by atoms with Gasteiger partial charge in [0.15, 0.2) is 0 Å². The number of amides is 2. The van der Waals surface area contributed by atoms with E-state index in [0.717, 1.165) is 5.56 Å². The summed E-state index contributed by atoms with van der Waals surface area (Å²) in [5.74, 6) is 0.255. The van der Waals surface area contributed by atoms with E-state index in [4.69, 9.17) is 4.74 Å². The average molecular weight is 332 g/mol. The van der Waals surface area contributed by atoms with Crippen LogP contribution in [0.4, 0.5) is 9.18 Å². The number of halogens is 1. The molecule has 0 fully saturated rings. The first-order valence-electron chi connectivity index (χ1n) is 7.62. The number of benzene rings is 2. The fraction of sp³-hybridized carbons (Fsp3) is 0.278. The van der Waals surface area contributed by atoms with Crippen molar-refractivity contribution in [2.24, 2.45) is 0 Å². The Morgan fingerprint density at radius 3 is 2.71 bits per heavy atom. The van der Waals surface area contributed by atoms with Gasteiger partial charge in [-0.1, -0.05) is 30.3 Å². The van der Waals surface area contributed by atoms with Crippen molar-refractivity contribution in [2.45, 2.75) is 19.1 Å². The molecule has 24 heavy (non-hydrogen) atoms. The molecule has 0 heterocycles. The number of carbonyl (C=O) groups is 1. The van der Waals surface area contributed by atoms with Gasteiger partial charge in [-0.3, -0.25) is 0 Å². The van der Waals surface area contributed by atoms with Gasteiger partial charge in [-0.05, 0) is 30.7 Å². The van der Waals surface area contributed by atoms with Crippen LogP contribution in [0.3, 0.4) is 0 Å². The highest BCUT2D eigenvalue weighted by Crippen LogP contribution is 2.24. The number of carbonyl (C=O) groups excluding carboxylic acids is 1. The van der Waals surface area contributed by atoms with Crippen molar-refractivity contribution in [3.63, 3.8) is 0 Å². The van der Waals surface area contributed by atoms with Gasteiger partial charge in [-0.2, -0.15) is 0 Å². The third-order valence-electron chi connectivity index (χ3n) is 3.64. The number of para-hydroxylation sites is 1. The molecule has 0 aliphatic heterocycles. The van der Waals surface area contributed by atoms with Gasteiger partial charge in [0.05, 0.1) is 19.3 Å². The van der Waals surface area contributed by atoms with Crippen LogP contribution < -0.4 is 15.4 Å². The number of hydrogen-bond donors (Lipinski definition) is 3. The number of rotatable bonds is 6. The topological polar surface area (TPSA) is 70.6 Å². The van der Waals surface area contributed by atoms with Gasteiger partial charge < -0.3 is 20.5 Å². The molecule has 2 aromatic rings. The molecule has 5 nitrogen and oxygen atoms in total. The Balaban J connectivity index is 1.89. The summed E-state index contributed by atoms with van der Waals surface area (Å²) in [6, 6.07) is 12.3. The number of ether oxygens (including phenoxy) is 1. The highest BCUT2D eigenvalue weighted by atomic mass is 19.1. The Bertz CT molecular complexity index is 693. The molecule has 0 saturated heterocycles. The molecular weight excluding hydrogens is 311 g/mol. The van der Waals surface area contributed by atoms with Crippen molar-refractivity contribution in [3.8, 4) is 5.75 Å². The minimum atomic E-state index is -0.979. The Hall–Kier alpha value is -2.60. The maximum absolute atomic E-state index is 13.1. The van der Waals surface area contributed by atoms with Crippen molar-refractivity contribution in [1.29, 1.82) is 0 Å². The van der Waals surface area contributed by atoms with Gasteiger partial charge in [-0.15, -0.1) is 0 Å². The minimum absolute atomic E-state index is 0.0199. The molecule has 0 saturated carbocycles. The number of urea groups is 1. The molecule has 128 valence electrons. The molecule has 0 aliphatic rings. The monoisotopic (exact) mass is 332 g/mol. The predicted octanol–water partition coefficient (Wildman–Crippen LogP) is 2.93. The normalized spacial score (nSPS) is 13.0. The summed E-state index contributed by atoms with van der Waals surface area (Å²) in [4.78, 5) is 12.0. The van der Waals surface area contributed by atoms with Crippen LogP contribution in [0, 0.1) is 5.82 Å². The molecule has 0 bridgehead atoms. The van der Waals surface area contributed by atoms with Crippen LogP contribution in [0.2, 0.25) is 0 Å². The smallest absolute Gasteiger partial charge is 0.315 e. The largest absolute Gasteiger partial charge is 0.496 e. The Morgan fingerprint density at radius 2 is 2.00 bits per heavy atom. The summed E-state index contributed by atoms with van der Waals surface area (Å²) >= 11 is 0. The molecule has 0 aliphatic carbocycles. The summed E-state index contributed by atoms with van der Waals surface area (Å²) < 4.78 is 18.4. The Labute approximate surface area is 140 Å². The lowest BCUT2D eigenvalue weighted by molar-refractivity contribution is 0.172. The fourth-order valence-corrected chi connectivity index (χ4v) is 2.37. The molecule has 2 aromatic carbocycles. The van der Waals surface area contributed by atoms with Gasteiger partial charge >= 0.3 is 6.03 Å². The van der Waals surface area contributed by atoms with E-state index in [9.17, 15) is 14.3 Å². The van der Waals surface area contributed by atoms with E-state index in [1.807, 2.05) is 31.2 Å². The molecule has 2 atom stereocenters. The highest BCUT2D eigenvalue weighted by molar-refractivity contribution is 5.74. The molecule has 0 aromatic heterocycles. The van der Waals surface area contributed by atoms with Crippen LogP contribution in [0.1, 0.15) is 30.2 Å². The average Bonchev–Trinajstić information content (AvgIpc) is 2.59. The number of nitrogens with one attached hydrogen (secondary N) is 2. The molecule has 0 spiro atoms. The predicted molar refractivity (Wildman–Crippen MR) is 89.3 cm³/mol. The maximum Gasteiger partial charge on any atom is 0.315 e. The van der Waals surface area contributed by atoms with E-state index in [0.29, 0.717) is 11.3 Å². The first-order valence-corrected chi connectivity index (χ1v) is 7.62. The summed E-state index contributed by atoms with van der Waals surface area (Å²) in [5, 5.41) is 15.3. The second-order valence-corrected chi connectivity index (χ2v) is 5.39. The standard InChI is InChI=1S/C18H21FN2O3/c1-12(15-8-3-4-9-17(15)24-2)21-18(23)20-11-16(22)13-6-5-7-14(19)10-13/h3-10,12,16,22H,11H2,1-2H3,(H2,20,21,23). The van der Waals surface area contributed by atoms with Crippen LogP contribution in [-0.2, 0) is 0 Å². The fourth-order valence-electron chi connectivity index (χ4n) is 2.37. The Morgan fingerprint density at radius 1 is 1.25 bits per heavy atom. The highest BCUT2D eigenvalue weighted by Gasteiger charge is 2.15. The third kappa shape index (κ3) is 4.70. The molecule has 6 heteroatoms. The first kappa shape index (κ1) is 17.7. The van der Waals surface area contributed by atoms with Gasteiger partial charge in [0.2, 0.25) is 0 Å².